The van der Waals surface area contributed by atoms with Crippen LogP contribution in [0.15, 0.2) is 46.0 Å². The second kappa shape index (κ2) is 10.9. The number of para-hydroxylation sites is 1. The lowest BCUT2D eigenvalue weighted by Crippen LogP contribution is -2.52. The molecule has 194 valence electrons. The summed E-state index contributed by atoms with van der Waals surface area (Å²) in [5, 5.41) is 11.4. The van der Waals surface area contributed by atoms with E-state index in [-0.39, 0.29) is 16.4 Å². The number of nitrogens with zero attached hydrogens (tertiary/aromatic N) is 2. The fraction of sp³-hybridized carbons (Fsp3) is 0.522. The number of benzene rings is 1. The Balaban J connectivity index is 0.000000429. The molecule has 1 spiro atoms. The molecular formula is C23H29F3N2O5S2. The van der Waals surface area contributed by atoms with Crippen molar-refractivity contribution in [2.24, 2.45) is 5.41 Å². The summed E-state index contributed by atoms with van der Waals surface area (Å²) < 4.78 is 66.2. The molecule has 2 aromatic rings. The highest BCUT2D eigenvalue weighted by Crippen LogP contribution is 2.40. The summed E-state index contributed by atoms with van der Waals surface area (Å²) in [6.45, 7) is 7.90. The third kappa shape index (κ3) is 6.75. The first-order valence-corrected chi connectivity index (χ1v) is 13.5. The molecule has 2 aliphatic rings. The summed E-state index contributed by atoms with van der Waals surface area (Å²) in [5.74, 6) is -2.28. The number of carboxylic acids is 1. The van der Waals surface area contributed by atoms with Crippen LogP contribution in [-0.4, -0.2) is 67.2 Å². The van der Waals surface area contributed by atoms with Crippen molar-refractivity contribution >= 4 is 27.3 Å². The van der Waals surface area contributed by atoms with Gasteiger partial charge in [-0.25, -0.2) is 13.2 Å². The summed E-state index contributed by atoms with van der Waals surface area (Å²) in [6, 6.07) is 9.12. The average molecular weight is 535 g/mol. The molecule has 35 heavy (non-hydrogen) atoms. The molecule has 0 unspecified atom stereocenters. The van der Waals surface area contributed by atoms with E-state index >= 15 is 0 Å². The molecule has 4 rings (SSSR count). The van der Waals surface area contributed by atoms with E-state index in [0.717, 1.165) is 32.5 Å². The van der Waals surface area contributed by atoms with Crippen molar-refractivity contribution in [3.05, 3.63) is 46.7 Å². The van der Waals surface area contributed by atoms with Gasteiger partial charge < -0.3 is 9.84 Å². The number of carboxylic acid groups (broad SMARTS) is 1. The molecular weight excluding hydrogens is 505 g/mol. The molecule has 7 nitrogen and oxygen atoms in total. The van der Waals surface area contributed by atoms with E-state index < -0.39 is 22.2 Å². The number of likely N-dealkylation sites (tertiary alicyclic amines) is 1. The fourth-order valence-corrected chi connectivity index (χ4v) is 6.73. The lowest BCUT2D eigenvalue weighted by molar-refractivity contribution is -0.192. The van der Waals surface area contributed by atoms with E-state index in [0.29, 0.717) is 18.9 Å². The van der Waals surface area contributed by atoms with Crippen molar-refractivity contribution in [2.75, 3.05) is 26.2 Å². The number of aliphatic carboxylic acids is 1. The van der Waals surface area contributed by atoms with Gasteiger partial charge in [0.15, 0.2) is 0 Å². The first-order valence-electron chi connectivity index (χ1n) is 11.1. The molecule has 1 fully saturated rings. The van der Waals surface area contributed by atoms with Crippen molar-refractivity contribution in [1.29, 1.82) is 0 Å². The highest BCUT2D eigenvalue weighted by molar-refractivity contribution is 7.89. The van der Waals surface area contributed by atoms with Gasteiger partial charge in [0.05, 0.1) is 6.61 Å². The number of alkyl halides is 3. The summed E-state index contributed by atoms with van der Waals surface area (Å²) in [4.78, 5) is 11.6. The summed E-state index contributed by atoms with van der Waals surface area (Å²) in [5.41, 5.74) is 1.21. The predicted octanol–water partition coefficient (Wildman–Crippen LogP) is 4.46. The van der Waals surface area contributed by atoms with Crippen LogP contribution in [0.2, 0.25) is 0 Å². The monoisotopic (exact) mass is 534 g/mol. The minimum Gasteiger partial charge on any atom is -0.492 e. The van der Waals surface area contributed by atoms with E-state index in [1.165, 1.54) is 5.56 Å². The van der Waals surface area contributed by atoms with E-state index in [1.54, 1.807) is 33.8 Å². The van der Waals surface area contributed by atoms with Crippen LogP contribution in [0.4, 0.5) is 13.2 Å². The molecule has 0 amide bonds. The van der Waals surface area contributed by atoms with E-state index in [2.05, 4.69) is 21.7 Å². The van der Waals surface area contributed by atoms with E-state index in [4.69, 9.17) is 14.6 Å². The summed E-state index contributed by atoms with van der Waals surface area (Å²) in [7, 11) is -3.58. The molecule has 0 bridgehead atoms. The van der Waals surface area contributed by atoms with Crippen LogP contribution in [-0.2, 0) is 21.4 Å². The molecule has 1 N–H and O–H groups in total. The third-order valence-electron chi connectivity index (χ3n) is 6.18. The van der Waals surface area contributed by atoms with E-state index in [1.807, 2.05) is 19.9 Å². The van der Waals surface area contributed by atoms with Gasteiger partial charge in [0, 0.05) is 24.5 Å². The lowest BCUT2D eigenvalue weighted by Gasteiger charge is -2.45. The van der Waals surface area contributed by atoms with Gasteiger partial charge in [-0.05, 0) is 74.3 Å². The maximum atomic E-state index is 13.4. The van der Waals surface area contributed by atoms with Gasteiger partial charge in [0.1, 0.15) is 10.6 Å². The summed E-state index contributed by atoms with van der Waals surface area (Å²) >= 11 is 1.73. The minimum atomic E-state index is -5.08. The first-order chi connectivity index (χ1) is 16.3. The Labute approximate surface area is 207 Å². The Bertz CT molecular complexity index is 1100. The third-order valence-corrected chi connectivity index (χ3v) is 8.98. The molecule has 0 atom stereocenters. The lowest BCUT2D eigenvalue weighted by atomic mass is 9.78. The SMILES string of the molecule is CC(C)N1CC2(CCN(Cc3ccsc3)CC2)COc2ccccc2S1(=O)=O.O=C(O)C(F)(F)F. The van der Waals surface area contributed by atoms with Crippen molar-refractivity contribution in [1.82, 2.24) is 9.21 Å². The number of rotatable bonds is 3. The fourth-order valence-electron chi connectivity index (χ4n) is 4.19. The Kier molecular flexibility index (Phi) is 8.51. The van der Waals surface area contributed by atoms with Crippen LogP contribution in [0.5, 0.6) is 5.75 Å². The van der Waals surface area contributed by atoms with Gasteiger partial charge in [-0.1, -0.05) is 12.1 Å². The number of sulfonamides is 1. The van der Waals surface area contributed by atoms with Crippen molar-refractivity contribution in [3.8, 4) is 5.75 Å². The number of carbonyl (C=O) groups is 1. The van der Waals surface area contributed by atoms with Crippen LogP contribution in [0.3, 0.4) is 0 Å². The predicted molar refractivity (Wildman–Crippen MR) is 126 cm³/mol. The molecule has 1 aromatic heterocycles. The van der Waals surface area contributed by atoms with Crippen LogP contribution < -0.4 is 4.74 Å². The average Bonchev–Trinajstić information content (AvgIpc) is 3.30. The standard InChI is InChI=1S/C21H28N2O3S2.C2HF3O2/c1-17(2)23-15-21(8-10-22(11-9-21)13-18-7-12-27-14-18)16-26-19-5-3-4-6-20(19)28(23,24)25;3-2(4,5)1(6)7/h3-7,12,14,17H,8-11,13,15-16H2,1-2H3;(H,6,7). The quantitative estimate of drug-likeness (QED) is 0.626. The zero-order valence-corrected chi connectivity index (χ0v) is 21.1. The molecule has 12 heteroatoms. The van der Waals surface area contributed by atoms with Gasteiger partial charge >= 0.3 is 12.1 Å². The Morgan fingerprint density at radius 1 is 1.20 bits per heavy atom. The summed E-state index contributed by atoms with van der Waals surface area (Å²) in [6.07, 6.45) is -3.20. The number of hydrogen-bond donors (Lipinski definition) is 1. The van der Waals surface area contributed by atoms with Gasteiger partial charge in [-0.15, -0.1) is 0 Å². The van der Waals surface area contributed by atoms with Gasteiger partial charge in [-0.2, -0.15) is 28.8 Å². The van der Waals surface area contributed by atoms with Gasteiger partial charge in [0.2, 0.25) is 10.0 Å². The molecule has 0 saturated carbocycles. The number of hydrogen-bond acceptors (Lipinski definition) is 6. The van der Waals surface area contributed by atoms with E-state index in [9.17, 15) is 21.6 Å². The molecule has 2 aliphatic heterocycles. The van der Waals surface area contributed by atoms with Crippen molar-refractivity contribution in [3.63, 3.8) is 0 Å². The zero-order chi connectivity index (χ0) is 25.9. The number of fused-ring (bicyclic) bond motifs is 1. The Morgan fingerprint density at radius 3 is 2.37 bits per heavy atom. The minimum absolute atomic E-state index is 0.0862. The Morgan fingerprint density at radius 2 is 1.83 bits per heavy atom. The molecule has 3 heterocycles. The normalized spacial score (nSPS) is 20.2. The molecule has 0 radical (unpaired) electrons. The molecule has 1 saturated heterocycles. The second-order valence-electron chi connectivity index (χ2n) is 9.09. The number of thiophene rings is 1. The Hall–Kier alpha value is -2.15. The maximum Gasteiger partial charge on any atom is 0.490 e. The zero-order valence-electron chi connectivity index (χ0n) is 19.5. The van der Waals surface area contributed by atoms with Crippen molar-refractivity contribution < 1.29 is 36.2 Å². The number of ether oxygens (including phenoxy) is 1. The smallest absolute Gasteiger partial charge is 0.490 e. The van der Waals surface area contributed by atoms with Crippen LogP contribution in [0.1, 0.15) is 32.3 Å². The first kappa shape index (κ1) is 27.4. The second-order valence-corrected chi connectivity index (χ2v) is 11.7. The largest absolute Gasteiger partial charge is 0.492 e. The van der Waals surface area contributed by atoms with Gasteiger partial charge in [-0.3, -0.25) is 4.90 Å². The topological polar surface area (TPSA) is 87.2 Å². The van der Waals surface area contributed by atoms with Crippen LogP contribution in [0, 0.1) is 5.41 Å². The molecule has 0 aliphatic carbocycles. The van der Waals surface area contributed by atoms with Gasteiger partial charge in [0.25, 0.3) is 0 Å². The van der Waals surface area contributed by atoms with Crippen LogP contribution >= 0.6 is 11.3 Å². The molecule has 1 aromatic carbocycles. The number of halogens is 3. The van der Waals surface area contributed by atoms with Crippen molar-refractivity contribution in [2.45, 2.75) is 50.3 Å². The highest BCUT2D eigenvalue weighted by atomic mass is 32.2. The maximum absolute atomic E-state index is 13.4. The number of piperidine rings is 1. The highest BCUT2D eigenvalue weighted by Gasteiger charge is 2.43. The van der Waals surface area contributed by atoms with Crippen LogP contribution in [0.25, 0.3) is 0 Å².